The van der Waals surface area contributed by atoms with Gasteiger partial charge in [0, 0.05) is 18.7 Å². The number of sulfonamides is 1. The van der Waals surface area contributed by atoms with Crippen LogP contribution in [0.2, 0.25) is 0 Å². The number of rotatable bonds is 9. The zero-order valence-electron chi connectivity index (χ0n) is 18.8. The first-order chi connectivity index (χ1) is 15.8. The summed E-state index contributed by atoms with van der Waals surface area (Å²) in [6.45, 7) is 2.05. The summed E-state index contributed by atoms with van der Waals surface area (Å²) in [6, 6.07) is 7.96. The standard InChI is InChI=1S/C22H25F4N3O4S/c1-4-27-21(31)15(2)28(13-16-8-5-6-11-19(16)23)20(30)14-29(34(3,32)33)18-10-7-9-17(12-18)22(24,25)26/h5-12,15H,4,13-14H2,1-3H3,(H,27,31)/t15-/m1/s1. The van der Waals surface area contributed by atoms with Crippen LogP contribution in [0, 0.1) is 5.82 Å². The van der Waals surface area contributed by atoms with Crippen LogP contribution in [-0.2, 0) is 32.3 Å². The molecule has 0 aliphatic carbocycles. The summed E-state index contributed by atoms with van der Waals surface area (Å²) < 4.78 is 79.0. The molecule has 0 bridgehead atoms. The number of alkyl halides is 3. The van der Waals surface area contributed by atoms with Gasteiger partial charge in [-0.25, -0.2) is 12.8 Å². The topological polar surface area (TPSA) is 86.8 Å². The number of halogens is 4. The third-order valence-electron chi connectivity index (χ3n) is 4.96. The van der Waals surface area contributed by atoms with E-state index in [-0.39, 0.29) is 24.3 Å². The van der Waals surface area contributed by atoms with Crippen molar-refractivity contribution in [3.05, 3.63) is 65.5 Å². The van der Waals surface area contributed by atoms with E-state index in [1.165, 1.54) is 31.2 Å². The van der Waals surface area contributed by atoms with Gasteiger partial charge < -0.3 is 10.2 Å². The molecular formula is C22H25F4N3O4S. The van der Waals surface area contributed by atoms with Crippen LogP contribution in [0.1, 0.15) is 25.0 Å². The van der Waals surface area contributed by atoms with Gasteiger partial charge in [0.05, 0.1) is 17.5 Å². The molecule has 186 valence electrons. The molecule has 7 nitrogen and oxygen atoms in total. The third-order valence-corrected chi connectivity index (χ3v) is 6.10. The Morgan fingerprint density at radius 1 is 1.09 bits per heavy atom. The van der Waals surface area contributed by atoms with Crippen LogP contribution < -0.4 is 9.62 Å². The zero-order valence-corrected chi connectivity index (χ0v) is 19.6. The van der Waals surface area contributed by atoms with Gasteiger partial charge in [0.1, 0.15) is 18.4 Å². The summed E-state index contributed by atoms with van der Waals surface area (Å²) in [5, 5.41) is 2.54. The van der Waals surface area contributed by atoms with E-state index in [2.05, 4.69) is 5.32 Å². The van der Waals surface area contributed by atoms with E-state index in [0.717, 1.165) is 29.4 Å². The average molecular weight is 504 g/mol. The van der Waals surface area contributed by atoms with Crippen molar-refractivity contribution in [3.63, 3.8) is 0 Å². The molecule has 0 unspecified atom stereocenters. The minimum absolute atomic E-state index is 0.0805. The number of amides is 2. The normalized spacial score (nSPS) is 12.7. The van der Waals surface area contributed by atoms with Crippen molar-refractivity contribution in [1.82, 2.24) is 10.2 Å². The van der Waals surface area contributed by atoms with Gasteiger partial charge in [-0.1, -0.05) is 24.3 Å². The molecule has 0 aliphatic rings. The summed E-state index contributed by atoms with van der Waals surface area (Å²) in [5.74, 6) is -2.09. The van der Waals surface area contributed by atoms with Crippen molar-refractivity contribution in [1.29, 1.82) is 0 Å². The predicted molar refractivity (Wildman–Crippen MR) is 119 cm³/mol. The number of carbonyl (C=O) groups is 2. The van der Waals surface area contributed by atoms with E-state index in [1.54, 1.807) is 6.92 Å². The number of likely N-dealkylation sites (N-methyl/N-ethyl adjacent to an activating group) is 1. The second-order valence-electron chi connectivity index (χ2n) is 7.50. The first kappa shape index (κ1) is 27.1. The molecule has 0 saturated carbocycles. The van der Waals surface area contributed by atoms with Crippen molar-refractivity contribution in [3.8, 4) is 0 Å². The number of nitrogens with zero attached hydrogens (tertiary/aromatic N) is 2. The zero-order chi connectivity index (χ0) is 25.7. The van der Waals surface area contributed by atoms with Crippen LogP contribution in [-0.4, -0.2) is 50.5 Å². The van der Waals surface area contributed by atoms with Crippen LogP contribution in [0.15, 0.2) is 48.5 Å². The van der Waals surface area contributed by atoms with Gasteiger partial charge in [0.15, 0.2) is 0 Å². The number of benzene rings is 2. The van der Waals surface area contributed by atoms with Gasteiger partial charge in [-0.2, -0.15) is 13.2 Å². The van der Waals surface area contributed by atoms with E-state index in [1.807, 2.05) is 0 Å². The summed E-state index contributed by atoms with van der Waals surface area (Å²) in [6.07, 6.45) is -3.98. The first-order valence-corrected chi connectivity index (χ1v) is 12.1. The van der Waals surface area contributed by atoms with Gasteiger partial charge in [-0.15, -0.1) is 0 Å². The van der Waals surface area contributed by atoms with Crippen LogP contribution in [0.3, 0.4) is 0 Å². The Bertz CT molecular complexity index is 1140. The Balaban J connectivity index is 2.45. The van der Waals surface area contributed by atoms with Crippen LogP contribution in [0.25, 0.3) is 0 Å². The fourth-order valence-corrected chi connectivity index (χ4v) is 4.01. The van der Waals surface area contributed by atoms with Gasteiger partial charge in [-0.05, 0) is 38.1 Å². The molecule has 2 aromatic carbocycles. The van der Waals surface area contributed by atoms with E-state index in [4.69, 9.17) is 0 Å². The maximum Gasteiger partial charge on any atom is 0.416 e. The Morgan fingerprint density at radius 3 is 2.29 bits per heavy atom. The predicted octanol–water partition coefficient (Wildman–Crippen LogP) is 3.16. The molecular weight excluding hydrogens is 478 g/mol. The maximum absolute atomic E-state index is 14.2. The second-order valence-corrected chi connectivity index (χ2v) is 9.41. The highest BCUT2D eigenvalue weighted by atomic mass is 32.2. The second kappa shape index (κ2) is 10.9. The van der Waals surface area contributed by atoms with Crippen molar-refractivity contribution >= 4 is 27.5 Å². The summed E-state index contributed by atoms with van der Waals surface area (Å²) >= 11 is 0. The third kappa shape index (κ3) is 6.92. The van der Waals surface area contributed by atoms with Gasteiger partial charge in [-0.3, -0.25) is 13.9 Å². The molecule has 1 N–H and O–H groups in total. The number of carbonyl (C=O) groups excluding carboxylic acids is 2. The minimum atomic E-state index is -4.73. The maximum atomic E-state index is 14.2. The van der Waals surface area contributed by atoms with Crippen molar-refractivity contribution in [2.24, 2.45) is 0 Å². The molecule has 1 atom stereocenters. The lowest BCUT2D eigenvalue weighted by atomic mass is 10.1. The molecule has 0 radical (unpaired) electrons. The summed E-state index contributed by atoms with van der Waals surface area (Å²) in [4.78, 5) is 26.6. The van der Waals surface area contributed by atoms with E-state index in [0.29, 0.717) is 10.4 Å². The van der Waals surface area contributed by atoms with Crippen LogP contribution in [0.5, 0.6) is 0 Å². The fourth-order valence-electron chi connectivity index (χ4n) is 3.17. The quantitative estimate of drug-likeness (QED) is 0.533. The molecule has 0 saturated heterocycles. The van der Waals surface area contributed by atoms with Gasteiger partial charge in [0.2, 0.25) is 21.8 Å². The average Bonchev–Trinajstić information content (AvgIpc) is 2.75. The highest BCUT2D eigenvalue weighted by Gasteiger charge is 2.33. The highest BCUT2D eigenvalue weighted by molar-refractivity contribution is 7.92. The highest BCUT2D eigenvalue weighted by Crippen LogP contribution is 2.32. The van der Waals surface area contributed by atoms with E-state index in [9.17, 15) is 35.6 Å². The van der Waals surface area contributed by atoms with E-state index >= 15 is 0 Å². The lowest BCUT2D eigenvalue weighted by Crippen LogP contribution is -2.51. The Morgan fingerprint density at radius 2 is 1.74 bits per heavy atom. The number of nitrogens with one attached hydrogen (secondary N) is 1. The molecule has 12 heteroatoms. The van der Waals surface area contributed by atoms with E-state index < -0.39 is 52.0 Å². The minimum Gasteiger partial charge on any atom is -0.355 e. The monoisotopic (exact) mass is 503 g/mol. The molecule has 0 aliphatic heterocycles. The number of anilines is 1. The molecule has 2 aromatic rings. The summed E-state index contributed by atoms with van der Waals surface area (Å²) in [7, 11) is -4.20. The van der Waals surface area contributed by atoms with Crippen LogP contribution >= 0.6 is 0 Å². The van der Waals surface area contributed by atoms with Crippen molar-refractivity contribution in [2.75, 3.05) is 23.7 Å². The Labute approximate surface area is 195 Å². The molecule has 2 amide bonds. The van der Waals surface area contributed by atoms with Crippen LogP contribution in [0.4, 0.5) is 23.2 Å². The molecule has 0 aromatic heterocycles. The summed E-state index contributed by atoms with van der Waals surface area (Å²) in [5.41, 5.74) is -1.39. The number of hydrogen-bond acceptors (Lipinski definition) is 4. The van der Waals surface area contributed by atoms with Gasteiger partial charge in [0.25, 0.3) is 0 Å². The lowest BCUT2D eigenvalue weighted by molar-refractivity contribution is -0.139. The molecule has 0 heterocycles. The van der Waals surface area contributed by atoms with Crippen molar-refractivity contribution < 1.29 is 35.6 Å². The molecule has 0 spiro atoms. The Kier molecular flexibility index (Phi) is 8.65. The Hall–Kier alpha value is -3.15. The fraction of sp³-hybridized carbons (Fsp3) is 0.364. The molecule has 2 rings (SSSR count). The first-order valence-electron chi connectivity index (χ1n) is 10.2. The molecule has 0 fully saturated rings. The lowest BCUT2D eigenvalue weighted by Gasteiger charge is -2.31. The number of hydrogen-bond donors (Lipinski definition) is 1. The van der Waals surface area contributed by atoms with Gasteiger partial charge >= 0.3 is 6.18 Å². The smallest absolute Gasteiger partial charge is 0.355 e. The SMILES string of the molecule is CCNC(=O)[C@@H](C)N(Cc1ccccc1F)C(=O)CN(c1cccc(C(F)(F)F)c1)S(C)(=O)=O. The van der Waals surface area contributed by atoms with Crippen molar-refractivity contribution in [2.45, 2.75) is 32.6 Å². The largest absolute Gasteiger partial charge is 0.416 e. The molecule has 34 heavy (non-hydrogen) atoms.